The Morgan fingerprint density at radius 2 is 1.77 bits per heavy atom. The van der Waals surface area contributed by atoms with Gasteiger partial charge in [0.25, 0.3) is 0 Å². The number of amides is 2. The monoisotopic (exact) mass is 359 g/mol. The average molecular weight is 359 g/mol. The summed E-state index contributed by atoms with van der Waals surface area (Å²) in [5.74, 6) is 0.0513. The lowest BCUT2D eigenvalue weighted by Crippen LogP contribution is -2.33. The highest BCUT2D eigenvalue weighted by Crippen LogP contribution is 2.18. The van der Waals surface area contributed by atoms with Gasteiger partial charge in [-0.1, -0.05) is 18.2 Å². The zero-order valence-corrected chi connectivity index (χ0v) is 15.9. The number of aromatic amines is 1. The highest BCUT2D eigenvalue weighted by atomic mass is 16.6. The molecule has 2 aromatic rings. The van der Waals surface area contributed by atoms with Gasteiger partial charge in [-0.05, 0) is 51.7 Å². The quantitative estimate of drug-likeness (QED) is 0.631. The van der Waals surface area contributed by atoms with Gasteiger partial charge in [0.2, 0.25) is 5.91 Å². The fraction of sp³-hybridized carbons (Fsp3) is 0.500. The van der Waals surface area contributed by atoms with Gasteiger partial charge in [0, 0.05) is 36.6 Å². The zero-order chi connectivity index (χ0) is 19.0. The number of hydrogen-bond donors (Lipinski definition) is 3. The van der Waals surface area contributed by atoms with Gasteiger partial charge in [-0.2, -0.15) is 0 Å². The molecule has 0 aliphatic rings. The van der Waals surface area contributed by atoms with Crippen molar-refractivity contribution in [2.24, 2.45) is 0 Å². The molecule has 0 fully saturated rings. The van der Waals surface area contributed by atoms with Crippen molar-refractivity contribution in [3.8, 4) is 0 Å². The van der Waals surface area contributed by atoms with E-state index in [2.05, 4.69) is 21.7 Å². The first kappa shape index (κ1) is 19.8. The van der Waals surface area contributed by atoms with E-state index in [0.29, 0.717) is 19.5 Å². The molecule has 0 radical (unpaired) electrons. The second kappa shape index (κ2) is 9.27. The third-order valence-electron chi connectivity index (χ3n) is 3.89. The van der Waals surface area contributed by atoms with Gasteiger partial charge in [0.05, 0.1) is 0 Å². The summed E-state index contributed by atoms with van der Waals surface area (Å²) in [5, 5.41) is 6.81. The Kier molecular flexibility index (Phi) is 7.06. The van der Waals surface area contributed by atoms with Gasteiger partial charge in [0.1, 0.15) is 5.60 Å². The van der Waals surface area contributed by atoms with Crippen LogP contribution in [0.25, 0.3) is 10.9 Å². The summed E-state index contributed by atoms with van der Waals surface area (Å²) in [7, 11) is 0. The number of rotatable bonds is 8. The normalized spacial score (nSPS) is 11.3. The number of fused-ring (bicyclic) bond motifs is 1. The number of H-pyrrole nitrogens is 1. The van der Waals surface area contributed by atoms with Crippen LogP contribution in [0, 0.1) is 0 Å². The van der Waals surface area contributed by atoms with Gasteiger partial charge < -0.3 is 20.4 Å². The second-order valence-electron chi connectivity index (χ2n) is 7.35. The maximum Gasteiger partial charge on any atom is 0.407 e. The van der Waals surface area contributed by atoms with Crippen LogP contribution in [0.2, 0.25) is 0 Å². The summed E-state index contributed by atoms with van der Waals surface area (Å²) in [5.41, 5.74) is 1.78. The smallest absolute Gasteiger partial charge is 0.407 e. The van der Waals surface area contributed by atoms with Crippen molar-refractivity contribution in [1.82, 2.24) is 15.6 Å². The van der Waals surface area contributed by atoms with E-state index >= 15 is 0 Å². The van der Waals surface area contributed by atoms with E-state index in [1.807, 2.05) is 45.2 Å². The molecule has 1 heterocycles. The molecule has 0 aliphatic carbocycles. The highest BCUT2D eigenvalue weighted by Gasteiger charge is 2.15. The average Bonchev–Trinajstić information content (AvgIpc) is 2.97. The zero-order valence-electron chi connectivity index (χ0n) is 15.9. The molecule has 6 heteroatoms. The van der Waals surface area contributed by atoms with Crippen molar-refractivity contribution >= 4 is 22.9 Å². The van der Waals surface area contributed by atoms with Crippen molar-refractivity contribution in [1.29, 1.82) is 0 Å². The van der Waals surface area contributed by atoms with Gasteiger partial charge >= 0.3 is 6.09 Å². The van der Waals surface area contributed by atoms with Crippen LogP contribution in [0.5, 0.6) is 0 Å². The molecule has 0 saturated carbocycles. The van der Waals surface area contributed by atoms with Crippen molar-refractivity contribution < 1.29 is 14.3 Å². The van der Waals surface area contributed by atoms with Gasteiger partial charge in [-0.3, -0.25) is 4.79 Å². The molecular formula is C20H29N3O3. The maximum absolute atomic E-state index is 12.0. The van der Waals surface area contributed by atoms with Crippen molar-refractivity contribution in [3.63, 3.8) is 0 Å². The molecule has 26 heavy (non-hydrogen) atoms. The van der Waals surface area contributed by atoms with Crippen LogP contribution in [0.4, 0.5) is 4.79 Å². The van der Waals surface area contributed by atoms with E-state index in [9.17, 15) is 9.59 Å². The molecule has 6 nitrogen and oxygen atoms in total. The molecule has 142 valence electrons. The van der Waals surface area contributed by atoms with E-state index in [-0.39, 0.29) is 5.91 Å². The largest absolute Gasteiger partial charge is 0.444 e. The van der Waals surface area contributed by atoms with Gasteiger partial charge in [-0.15, -0.1) is 0 Å². The Morgan fingerprint density at radius 1 is 1.08 bits per heavy atom. The first-order chi connectivity index (χ1) is 12.3. The number of alkyl carbamates (subject to hydrolysis) is 1. The van der Waals surface area contributed by atoms with Crippen molar-refractivity contribution in [3.05, 3.63) is 36.0 Å². The summed E-state index contributed by atoms with van der Waals surface area (Å²) < 4.78 is 5.16. The van der Waals surface area contributed by atoms with Crippen LogP contribution >= 0.6 is 0 Å². The van der Waals surface area contributed by atoms with E-state index in [0.717, 1.165) is 30.3 Å². The number of carbonyl (C=O) groups is 2. The molecule has 2 rings (SSSR count). The van der Waals surface area contributed by atoms with Crippen LogP contribution in [-0.2, 0) is 16.0 Å². The lowest BCUT2D eigenvalue weighted by molar-refractivity contribution is -0.121. The van der Waals surface area contributed by atoms with E-state index in [1.54, 1.807) is 0 Å². The van der Waals surface area contributed by atoms with Crippen LogP contribution in [0.15, 0.2) is 30.5 Å². The Bertz CT molecular complexity index is 731. The molecule has 0 saturated heterocycles. The first-order valence-electron chi connectivity index (χ1n) is 9.14. The minimum Gasteiger partial charge on any atom is -0.444 e. The molecule has 0 spiro atoms. The predicted molar refractivity (Wildman–Crippen MR) is 103 cm³/mol. The number of ether oxygens (including phenoxy) is 1. The van der Waals surface area contributed by atoms with Crippen LogP contribution in [-0.4, -0.2) is 35.7 Å². The van der Waals surface area contributed by atoms with Crippen LogP contribution in [0.1, 0.15) is 45.6 Å². The number of nitrogens with one attached hydrogen (secondary N) is 3. The number of para-hydroxylation sites is 1. The Hall–Kier alpha value is -2.50. The number of carbonyl (C=O) groups excluding carboxylic acids is 2. The second-order valence-corrected chi connectivity index (χ2v) is 7.35. The number of aryl methyl sites for hydroxylation is 1. The fourth-order valence-electron chi connectivity index (χ4n) is 2.66. The molecule has 2 amide bonds. The molecule has 0 aliphatic heterocycles. The number of aromatic nitrogens is 1. The maximum atomic E-state index is 12.0. The topological polar surface area (TPSA) is 83.2 Å². The first-order valence-corrected chi connectivity index (χ1v) is 9.14. The minimum absolute atomic E-state index is 0.0513. The highest BCUT2D eigenvalue weighted by molar-refractivity contribution is 5.84. The van der Waals surface area contributed by atoms with Crippen molar-refractivity contribution in [2.45, 2.75) is 52.1 Å². The molecule has 0 bridgehead atoms. The number of benzene rings is 1. The lowest BCUT2D eigenvalue weighted by atomic mass is 10.1. The SMILES string of the molecule is CC(C)(C)OC(=O)NCCCCNC(=O)CCc1c[nH]c2ccccc12. The molecule has 3 N–H and O–H groups in total. The molecule has 0 unspecified atom stereocenters. The Morgan fingerprint density at radius 3 is 2.50 bits per heavy atom. The lowest BCUT2D eigenvalue weighted by Gasteiger charge is -2.19. The van der Waals surface area contributed by atoms with Crippen LogP contribution < -0.4 is 10.6 Å². The molecule has 1 aromatic heterocycles. The van der Waals surface area contributed by atoms with E-state index in [1.165, 1.54) is 5.39 Å². The Labute approximate surface area is 154 Å². The summed E-state index contributed by atoms with van der Waals surface area (Å²) >= 11 is 0. The van der Waals surface area contributed by atoms with Crippen molar-refractivity contribution in [2.75, 3.05) is 13.1 Å². The summed E-state index contributed by atoms with van der Waals surface area (Å²) in [4.78, 5) is 26.7. The van der Waals surface area contributed by atoms with E-state index in [4.69, 9.17) is 4.74 Å². The Balaban J connectivity index is 1.56. The van der Waals surface area contributed by atoms with E-state index < -0.39 is 11.7 Å². The molecule has 1 aromatic carbocycles. The fourth-order valence-corrected chi connectivity index (χ4v) is 2.66. The molecular weight excluding hydrogens is 330 g/mol. The summed E-state index contributed by atoms with van der Waals surface area (Å²) in [6, 6.07) is 8.10. The minimum atomic E-state index is -0.483. The van der Waals surface area contributed by atoms with Gasteiger partial charge in [-0.25, -0.2) is 4.79 Å². The third-order valence-corrected chi connectivity index (χ3v) is 3.89. The predicted octanol–water partition coefficient (Wildman–Crippen LogP) is 3.52. The third kappa shape index (κ3) is 6.78. The number of unbranched alkanes of at least 4 members (excludes halogenated alkanes) is 1. The van der Waals surface area contributed by atoms with Crippen LogP contribution in [0.3, 0.4) is 0 Å². The summed E-state index contributed by atoms with van der Waals surface area (Å²) in [6.45, 7) is 6.65. The van der Waals surface area contributed by atoms with Gasteiger partial charge in [0.15, 0.2) is 0 Å². The molecule has 0 atom stereocenters. The number of hydrogen-bond acceptors (Lipinski definition) is 3. The standard InChI is InChI=1S/C20H29N3O3/c1-20(2,3)26-19(25)22-13-7-6-12-21-18(24)11-10-15-14-23-17-9-5-4-8-16(15)17/h4-5,8-9,14,23H,6-7,10-13H2,1-3H3,(H,21,24)(H,22,25). The summed E-state index contributed by atoms with van der Waals surface area (Å²) in [6.07, 6.45) is 4.37.